The van der Waals surface area contributed by atoms with Gasteiger partial charge in [0.05, 0.1) is 14.9 Å². The summed E-state index contributed by atoms with van der Waals surface area (Å²) in [5.41, 5.74) is 4.49. The number of thiophene rings is 1. The minimum atomic E-state index is -0.385. The molecule has 0 radical (unpaired) electrons. The molecule has 24 heavy (non-hydrogen) atoms. The van der Waals surface area contributed by atoms with Crippen LogP contribution in [0, 0.1) is 0 Å². The van der Waals surface area contributed by atoms with Gasteiger partial charge in [-0.05, 0) is 29.8 Å². The SMILES string of the molecule is O=C(N/N=C\C=C\c1ccccc1)c1cc(-c2ccc(Cl)s2)[nH]n1. The number of nitrogens with one attached hydrogen (secondary N) is 2. The molecular formula is C17H13ClN4OS. The highest BCUT2D eigenvalue weighted by Gasteiger charge is 2.11. The average molecular weight is 357 g/mol. The van der Waals surface area contributed by atoms with Gasteiger partial charge in [-0.3, -0.25) is 9.89 Å². The number of nitrogens with zero attached hydrogens (tertiary/aromatic N) is 2. The molecule has 1 aromatic carbocycles. The predicted octanol–water partition coefficient (Wildman–Crippen LogP) is 4.22. The highest BCUT2D eigenvalue weighted by Crippen LogP contribution is 2.29. The van der Waals surface area contributed by atoms with E-state index in [0.717, 1.165) is 16.1 Å². The number of aromatic nitrogens is 2. The molecule has 0 saturated heterocycles. The third-order valence-corrected chi connectivity index (χ3v) is 4.33. The zero-order valence-electron chi connectivity index (χ0n) is 12.4. The Hall–Kier alpha value is -2.70. The second-order valence-electron chi connectivity index (χ2n) is 4.76. The Morgan fingerprint density at radius 3 is 2.83 bits per heavy atom. The molecule has 5 nitrogen and oxygen atoms in total. The van der Waals surface area contributed by atoms with E-state index >= 15 is 0 Å². The maximum Gasteiger partial charge on any atom is 0.291 e. The second kappa shape index (κ2) is 7.72. The van der Waals surface area contributed by atoms with Crippen LogP contribution in [0.2, 0.25) is 4.34 Å². The number of halogens is 1. The molecule has 2 heterocycles. The minimum absolute atomic E-state index is 0.263. The zero-order chi connectivity index (χ0) is 16.8. The third kappa shape index (κ3) is 4.18. The van der Waals surface area contributed by atoms with Gasteiger partial charge in [0, 0.05) is 6.21 Å². The van der Waals surface area contributed by atoms with E-state index in [1.54, 1.807) is 18.2 Å². The smallest absolute Gasteiger partial charge is 0.276 e. The predicted molar refractivity (Wildman–Crippen MR) is 98.3 cm³/mol. The first-order valence-electron chi connectivity index (χ1n) is 7.08. The van der Waals surface area contributed by atoms with Crippen LogP contribution in [0.5, 0.6) is 0 Å². The number of rotatable bonds is 5. The zero-order valence-corrected chi connectivity index (χ0v) is 14.0. The lowest BCUT2D eigenvalue weighted by Gasteiger charge is -1.93. The Morgan fingerprint density at radius 2 is 2.08 bits per heavy atom. The summed E-state index contributed by atoms with van der Waals surface area (Å²) in [6.45, 7) is 0. The number of benzene rings is 1. The van der Waals surface area contributed by atoms with Crippen molar-refractivity contribution in [1.82, 2.24) is 15.6 Å². The molecular weight excluding hydrogens is 344 g/mol. The summed E-state index contributed by atoms with van der Waals surface area (Å²) in [7, 11) is 0. The van der Waals surface area contributed by atoms with Gasteiger partial charge in [-0.2, -0.15) is 10.2 Å². The van der Waals surface area contributed by atoms with Crippen molar-refractivity contribution >= 4 is 41.1 Å². The van der Waals surface area contributed by atoms with Crippen LogP contribution in [0.4, 0.5) is 0 Å². The van der Waals surface area contributed by atoms with Gasteiger partial charge in [-0.15, -0.1) is 11.3 Å². The molecule has 0 aliphatic rings. The van der Waals surface area contributed by atoms with Crippen molar-refractivity contribution < 1.29 is 4.79 Å². The number of allylic oxidation sites excluding steroid dienone is 1. The molecule has 0 saturated carbocycles. The fourth-order valence-corrected chi connectivity index (χ4v) is 2.95. The monoisotopic (exact) mass is 356 g/mol. The van der Waals surface area contributed by atoms with Gasteiger partial charge >= 0.3 is 0 Å². The van der Waals surface area contributed by atoms with Gasteiger partial charge < -0.3 is 0 Å². The first kappa shape index (κ1) is 16.2. The summed E-state index contributed by atoms with van der Waals surface area (Å²) < 4.78 is 0.681. The van der Waals surface area contributed by atoms with Crippen LogP contribution in [-0.2, 0) is 0 Å². The Balaban J connectivity index is 1.56. The standard InChI is InChI=1S/C17H13ClN4OS/c18-16-9-8-15(24-16)13-11-14(21-20-13)17(23)22-19-10-4-7-12-5-2-1-3-6-12/h1-11H,(H,20,21)(H,22,23)/b7-4+,19-10-. The molecule has 120 valence electrons. The van der Waals surface area contributed by atoms with Gasteiger partial charge in [-0.1, -0.05) is 48.0 Å². The summed E-state index contributed by atoms with van der Waals surface area (Å²) in [6, 6.07) is 15.1. The summed E-state index contributed by atoms with van der Waals surface area (Å²) in [5.74, 6) is -0.385. The lowest BCUT2D eigenvalue weighted by atomic mass is 10.2. The maximum absolute atomic E-state index is 12.0. The van der Waals surface area contributed by atoms with E-state index < -0.39 is 0 Å². The summed E-state index contributed by atoms with van der Waals surface area (Å²) in [6.07, 6.45) is 5.15. The molecule has 0 aliphatic carbocycles. The van der Waals surface area contributed by atoms with Crippen LogP contribution in [-0.4, -0.2) is 22.3 Å². The highest BCUT2D eigenvalue weighted by atomic mass is 35.5. The Bertz CT molecular complexity index is 883. The number of hydrogen-bond acceptors (Lipinski definition) is 4. The molecule has 2 N–H and O–H groups in total. The molecule has 3 rings (SSSR count). The van der Waals surface area contributed by atoms with E-state index in [-0.39, 0.29) is 11.6 Å². The lowest BCUT2D eigenvalue weighted by molar-refractivity contribution is 0.0950. The second-order valence-corrected chi connectivity index (χ2v) is 6.47. The van der Waals surface area contributed by atoms with Crippen LogP contribution in [0.3, 0.4) is 0 Å². The molecule has 0 atom stereocenters. The van der Waals surface area contributed by atoms with Crippen molar-refractivity contribution in [3.05, 3.63) is 70.2 Å². The summed E-state index contributed by atoms with van der Waals surface area (Å²) >= 11 is 7.31. The number of hydrazone groups is 1. The molecule has 2 aromatic heterocycles. The van der Waals surface area contributed by atoms with Crippen LogP contribution < -0.4 is 5.43 Å². The number of carbonyl (C=O) groups excluding carboxylic acids is 1. The third-order valence-electron chi connectivity index (χ3n) is 3.06. The molecule has 0 unspecified atom stereocenters. The van der Waals surface area contributed by atoms with Crippen LogP contribution in [0.15, 0.2) is 59.7 Å². The highest BCUT2D eigenvalue weighted by molar-refractivity contribution is 7.19. The first-order valence-corrected chi connectivity index (χ1v) is 8.28. The maximum atomic E-state index is 12.0. The normalized spacial score (nSPS) is 11.4. The van der Waals surface area contributed by atoms with Gasteiger partial charge in [0.25, 0.3) is 5.91 Å². The topological polar surface area (TPSA) is 70.1 Å². The summed E-state index contributed by atoms with van der Waals surface area (Å²) in [4.78, 5) is 12.9. The number of amides is 1. The minimum Gasteiger partial charge on any atom is -0.276 e. The molecule has 0 spiro atoms. The Morgan fingerprint density at radius 1 is 1.25 bits per heavy atom. The number of aromatic amines is 1. The van der Waals surface area contributed by atoms with Crippen molar-refractivity contribution in [1.29, 1.82) is 0 Å². The van der Waals surface area contributed by atoms with Crippen molar-refractivity contribution in [3.8, 4) is 10.6 Å². The number of carbonyl (C=O) groups is 1. The van der Waals surface area contributed by atoms with E-state index in [9.17, 15) is 4.79 Å². The fraction of sp³-hybridized carbons (Fsp3) is 0. The van der Waals surface area contributed by atoms with E-state index in [0.29, 0.717) is 4.34 Å². The van der Waals surface area contributed by atoms with E-state index in [1.165, 1.54) is 17.6 Å². The number of hydrogen-bond donors (Lipinski definition) is 2. The van der Waals surface area contributed by atoms with Crippen LogP contribution in [0.25, 0.3) is 16.6 Å². The van der Waals surface area contributed by atoms with Gasteiger partial charge in [0.2, 0.25) is 0 Å². The quantitative estimate of drug-likeness (QED) is 0.530. The molecule has 3 aromatic rings. The Labute approximate surface area is 147 Å². The average Bonchev–Trinajstić information content (AvgIpc) is 3.24. The Kier molecular flexibility index (Phi) is 5.20. The van der Waals surface area contributed by atoms with Gasteiger partial charge in [0.15, 0.2) is 5.69 Å². The van der Waals surface area contributed by atoms with Crippen LogP contribution in [0.1, 0.15) is 16.1 Å². The fourth-order valence-electron chi connectivity index (χ4n) is 1.94. The van der Waals surface area contributed by atoms with Crippen LogP contribution >= 0.6 is 22.9 Å². The largest absolute Gasteiger partial charge is 0.291 e. The van der Waals surface area contributed by atoms with E-state index in [4.69, 9.17) is 11.6 Å². The summed E-state index contributed by atoms with van der Waals surface area (Å²) in [5, 5.41) is 10.7. The molecule has 0 aliphatic heterocycles. The van der Waals surface area contributed by atoms with Crippen molar-refractivity contribution in [2.75, 3.05) is 0 Å². The van der Waals surface area contributed by atoms with Crippen molar-refractivity contribution in [2.45, 2.75) is 0 Å². The molecule has 7 heteroatoms. The van der Waals surface area contributed by atoms with E-state index in [1.807, 2.05) is 42.5 Å². The van der Waals surface area contributed by atoms with Gasteiger partial charge in [0.1, 0.15) is 0 Å². The lowest BCUT2D eigenvalue weighted by Crippen LogP contribution is -2.17. The number of H-pyrrole nitrogens is 1. The van der Waals surface area contributed by atoms with E-state index in [2.05, 4.69) is 20.7 Å². The molecule has 1 amide bonds. The van der Waals surface area contributed by atoms with Crippen molar-refractivity contribution in [2.24, 2.45) is 5.10 Å². The molecule has 0 bridgehead atoms. The first-order chi connectivity index (χ1) is 11.7. The van der Waals surface area contributed by atoms with Gasteiger partial charge in [-0.25, -0.2) is 5.43 Å². The van der Waals surface area contributed by atoms with Crippen molar-refractivity contribution in [3.63, 3.8) is 0 Å². The molecule has 0 fully saturated rings.